The molecule has 21 heavy (non-hydrogen) atoms. The molecule has 7 nitrogen and oxygen atoms in total. The quantitative estimate of drug-likeness (QED) is 0.667. The molecule has 7 heteroatoms. The van der Waals surface area contributed by atoms with Gasteiger partial charge in [0.1, 0.15) is 6.04 Å². The first kappa shape index (κ1) is 17.0. The minimum atomic E-state index is -0.671. The Morgan fingerprint density at radius 2 is 1.81 bits per heavy atom. The maximum absolute atomic E-state index is 12.1. The van der Waals surface area contributed by atoms with Crippen LogP contribution in [0.15, 0.2) is 0 Å². The van der Waals surface area contributed by atoms with E-state index in [1.165, 1.54) is 0 Å². The van der Waals surface area contributed by atoms with Gasteiger partial charge in [-0.05, 0) is 33.6 Å². The van der Waals surface area contributed by atoms with Gasteiger partial charge in [0.2, 0.25) is 5.91 Å². The van der Waals surface area contributed by atoms with E-state index in [9.17, 15) is 9.59 Å². The van der Waals surface area contributed by atoms with E-state index in [0.717, 1.165) is 0 Å². The van der Waals surface area contributed by atoms with Crippen molar-refractivity contribution in [1.82, 2.24) is 20.8 Å². The molecule has 0 saturated heterocycles. The van der Waals surface area contributed by atoms with Crippen LogP contribution in [0.2, 0.25) is 0 Å². The highest BCUT2D eigenvalue weighted by atomic mass is 16.2. The summed E-state index contributed by atoms with van der Waals surface area (Å²) in [4.78, 5) is 24.1. The molecule has 0 aliphatic rings. The topological polar surface area (TPSA) is 113 Å². The fraction of sp³-hybridized carbons (Fsp3) is 0.643. The Balaban J connectivity index is 2.75. The first-order valence-electron chi connectivity index (χ1n) is 6.99. The normalized spacial score (nSPS) is 13.1. The van der Waals surface area contributed by atoms with Crippen LogP contribution < -0.4 is 16.4 Å². The average Bonchev–Trinajstić information content (AvgIpc) is 2.68. The van der Waals surface area contributed by atoms with Crippen molar-refractivity contribution in [3.8, 4) is 0 Å². The molecule has 1 atom stereocenters. The summed E-state index contributed by atoms with van der Waals surface area (Å²) in [5.41, 5.74) is 6.71. The molecule has 0 aromatic carbocycles. The van der Waals surface area contributed by atoms with Crippen molar-refractivity contribution < 1.29 is 9.59 Å². The SMILES string of the molecule is CC(NC(=O)c1n[nH]c(C(C)C)c1N)C(=O)NC(C)(C)C. The molecule has 1 rings (SSSR count). The van der Waals surface area contributed by atoms with Gasteiger partial charge >= 0.3 is 0 Å². The van der Waals surface area contributed by atoms with Gasteiger partial charge in [-0.1, -0.05) is 13.8 Å². The van der Waals surface area contributed by atoms with Crippen molar-refractivity contribution in [2.45, 2.75) is 59.0 Å². The third kappa shape index (κ3) is 4.47. The van der Waals surface area contributed by atoms with Crippen LogP contribution >= 0.6 is 0 Å². The van der Waals surface area contributed by atoms with Gasteiger partial charge in [0, 0.05) is 5.54 Å². The lowest BCUT2D eigenvalue weighted by molar-refractivity contribution is -0.124. The highest BCUT2D eigenvalue weighted by Gasteiger charge is 2.24. The monoisotopic (exact) mass is 295 g/mol. The van der Waals surface area contributed by atoms with Crippen LogP contribution in [-0.2, 0) is 4.79 Å². The second-order valence-corrected chi connectivity index (χ2v) is 6.49. The largest absolute Gasteiger partial charge is 0.395 e. The Hall–Kier alpha value is -2.05. The molecule has 5 N–H and O–H groups in total. The lowest BCUT2D eigenvalue weighted by Crippen LogP contribution is -2.50. The van der Waals surface area contributed by atoms with Gasteiger partial charge in [-0.2, -0.15) is 5.10 Å². The number of hydrogen-bond donors (Lipinski definition) is 4. The number of nitrogens with zero attached hydrogens (tertiary/aromatic N) is 1. The molecule has 0 aliphatic carbocycles. The van der Waals surface area contributed by atoms with Crippen molar-refractivity contribution in [2.75, 3.05) is 5.73 Å². The third-order valence-corrected chi connectivity index (χ3v) is 2.86. The van der Waals surface area contributed by atoms with Gasteiger partial charge < -0.3 is 16.4 Å². The van der Waals surface area contributed by atoms with Crippen LogP contribution in [0.25, 0.3) is 0 Å². The molecule has 2 amide bonds. The third-order valence-electron chi connectivity index (χ3n) is 2.86. The summed E-state index contributed by atoms with van der Waals surface area (Å²) in [5.74, 6) is -0.582. The molecule has 0 bridgehead atoms. The van der Waals surface area contributed by atoms with Crippen molar-refractivity contribution >= 4 is 17.5 Å². The number of rotatable bonds is 4. The fourth-order valence-electron chi connectivity index (χ4n) is 1.79. The van der Waals surface area contributed by atoms with Gasteiger partial charge in [-0.25, -0.2) is 0 Å². The Kier molecular flexibility index (Phi) is 4.98. The van der Waals surface area contributed by atoms with Crippen LogP contribution in [0.3, 0.4) is 0 Å². The zero-order valence-electron chi connectivity index (χ0n) is 13.5. The van der Waals surface area contributed by atoms with Crippen LogP contribution in [0, 0.1) is 0 Å². The minimum absolute atomic E-state index is 0.120. The lowest BCUT2D eigenvalue weighted by atomic mass is 10.1. The predicted octanol–water partition coefficient (Wildman–Crippen LogP) is 1.15. The van der Waals surface area contributed by atoms with Gasteiger partial charge in [-0.15, -0.1) is 0 Å². The zero-order chi connectivity index (χ0) is 16.4. The number of anilines is 1. The number of amides is 2. The number of nitrogens with two attached hydrogens (primary N) is 1. The Bertz CT molecular complexity index is 528. The minimum Gasteiger partial charge on any atom is -0.395 e. The molecular weight excluding hydrogens is 270 g/mol. The summed E-state index contributed by atoms with van der Waals surface area (Å²) in [6.07, 6.45) is 0. The smallest absolute Gasteiger partial charge is 0.274 e. The molecular formula is C14H25N5O2. The number of H-pyrrole nitrogens is 1. The first-order chi connectivity index (χ1) is 9.53. The molecule has 1 aromatic heterocycles. The molecule has 118 valence electrons. The highest BCUT2D eigenvalue weighted by molar-refractivity contribution is 6.00. The number of carbonyl (C=O) groups excluding carboxylic acids is 2. The number of nitrogen functional groups attached to an aromatic ring is 1. The van der Waals surface area contributed by atoms with E-state index >= 15 is 0 Å². The Morgan fingerprint density at radius 1 is 1.24 bits per heavy atom. The highest BCUT2D eigenvalue weighted by Crippen LogP contribution is 2.21. The van der Waals surface area contributed by atoms with E-state index in [2.05, 4.69) is 20.8 Å². The van der Waals surface area contributed by atoms with Crippen molar-refractivity contribution in [2.24, 2.45) is 0 Å². The summed E-state index contributed by atoms with van der Waals surface area (Å²) in [7, 11) is 0. The molecule has 1 heterocycles. The van der Waals surface area contributed by atoms with Gasteiger partial charge in [0.15, 0.2) is 5.69 Å². The van der Waals surface area contributed by atoms with Crippen LogP contribution in [0.4, 0.5) is 5.69 Å². The average molecular weight is 295 g/mol. The van der Waals surface area contributed by atoms with E-state index in [-0.39, 0.29) is 23.1 Å². The van der Waals surface area contributed by atoms with E-state index in [4.69, 9.17) is 5.73 Å². The van der Waals surface area contributed by atoms with E-state index in [1.54, 1.807) is 6.92 Å². The Morgan fingerprint density at radius 3 is 2.24 bits per heavy atom. The summed E-state index contributed by atoms with van der Waals surface area (Å²) in [5, 5.41) is 12.1. The summed E-state index contributed by atoms with van der Waals surface area (Å²) in [6.45, 7) is 11.1. The fourth-order valence-corrected chi connectivity index (χ4v) is 1.79. The maximum Gasteiger partial charge on any atom is 0.274 e. The number of carbonyl (C=O) groups is 2. The molecule has 1 aromatic rings. The predicted molar refractivity (Wildman–Crippen MR) is 81.9 cm³/mol. The standard InChI is InChI=1S/C14H25N5O2/c1-7(2)10-9(15)11(19-18-10)13(21)16-8(3)12(20)17-14(4,5)6/h7-8H,15H2,1-6H3,(H,16,21)(H,17,20)(H,18,19). The van der Waals surface area contributed by atoms with Crippen molar-refractivity contribution in [1.29, 1.82) is 0 Å². The number of hydrogen-bond acceptors (Lipinski definition) is 4. The van der Waals surface area contributed by atoms with E-state index in [0.29, 0.717) is 11.4 Å². The number of aromatic nitrogens is 2. The summed E-state index contributed by atoms with van der Waals surface area (Å²) in [6, 6.07) is -0.671. The molecule has 1 unspecified atom stereocenters. The second kappa shape index (κ2) is 6.15. The zero-order valence-corrected chi connectivity index (χ0v) is 13.5. The van der Waals surface area contributed by atoms with Crippen LogP contribution in [0.5, 0.6) is 0 Å². The van der Waals surface area contributed by atoms with Gasteiger partial charge in [-0.3, -0.25) is 14.7 Å². The second-order valence-electron chi connectivity index (χ2n) is 6.49. The Labute approximate surface area is 125 Å². The molecule has 0 aliphatic heterocycles. The van der Waals surface area contributed by atoms with Crippen LogP contribution in [-0.4, -0.2) is 33.6 Å². The number of aromatic amines is 1. The van der Waals surface area contributed by atoms with Crippen LogP contribution in [0.1, 0.15) is 63.6 Å². The number of nitrogens with one attached hydrogen (secondary N) is 3. The lowest BCUT2D eigenvalue weighted by Gasteiger charge is -2.23. The van der Waals surface area contributed by atoms with Gasteiger partial charge in [0.05, 0.1) is 11.4 Å². The van der Waals surface area contributed by atoms with Crippen molar-refractivity contribution in [3.05, 3.63) is 11.4 Å². The summed E-state index contributed by atoms with van der Waals surface area (Å²) >= 11 is 0. The molecule has 0 saturated carbocycles. The molecule has 0 spiro atoms. The summed E-state index contributed by atoms with van der Waals surface area (Å²) < 4.78 is 0. The van der Waals surface area contributed by atoms with Crippen molar-refractivity contribution in [3.63, 3.8) is 0 Å². The maximum atomic E-state index is 12.1. The molecule has 0 fully saturated rings. The first-order valence-corrected chi connectivity index (χ1v) is 6.99. The van der Waals surface area contributed by atoms with E-state index < -0.39 is 11.9 Å². The van der Waals surface area contributed by atoms with E-state index in [1.807, 2.05) is 34.6 Å². The van der Waals surface area contributed by atoms with Gasteiger partial charge in [0.25, 0.3) is 5.91 Å². The molecule has 0 radical (unpaired) electrons.